The lowest BCUT2D eigenvalue weighted by molar-refractivity contribution is -0.160. The van der Waals surface area contributed by atoms with Crippen molar-refractivity contribution in [3.8, 4) is 11.5 Å². The maximum absolute atomic E-state index is 12.9. The van der Waals surface area contributed by atoms with Crippen LogP contribution in [0.15, 0.2) is 48.5 Å². The lowest BCUT2D eigenvalue weighted by Crippen LogP contribution is -2.31. The largest absolute Gasteiger partial charge is 0.460 e. The zero-order valence-electron chi connectivity index (χ0n) is 14.9. The molecule has 0 aromatic heterocycles. The number of rotatable bonds is 5. The summed E-state index contributed by atoms with van der Waals surface area (Å²) in [6, 6.07) is 12.4. The summed E-state index contributed by atoms with van der Waals surface area (Å²) < 4.78 is 23.8. The van der Waals surface area contributed by atoms with Crippen LogP contribution < -0.4 is 4.74 Å². The van der Waals surface area contributed by atoms with Crippen LogP contribution >= 0.6 is 0 Å². The molecule has 5 heteroatoms. The van der Waals surface area contributed by atoms with Gasteiger partial charge >= 0.3 is 5.97 Å². The number of esters is 1. The number of hydrogen-bond donors (Lipinski definition) is 1. The first-order valence-electron chi connectivity index (χ1n) is 8.03. The van der Waals surface area contributed by atoms with Crippen molar-refractivity contribution in [1.82, 2.24) is 0 Å². The SMILES string of the molecule is CC(C)(C)OC(=O)CC(C)(O)c1ccc(Oc2ccc(F)cc2)cc1. The van der Waals surface area contributed by atoms with Gasteiger partial charge in [0.2, 0.25) is 0 Å². The van der Waals surface area contributed by atoms with E-state index < -0.39 is 17.2 Å². The minimum Gasteiger partial charge on any atom is -0.460 e. The fourth-order valence-electron chi connectivity index (χ4n) is 2.28. The molecule has 0 spiro atoms. The molecule has 0 heterocycles. The van der Waals surface area contributed by atoms with Crippen LogP contribution in [0.5, 0.6) is 11.5 Å². The van der Waals surface area contributed by atoms with E-state index in [0.29, 0.717) is 17.1 Å². The Morgan fingerprint density at radius 3 is 1.92 bits per heavy atom. The molecule has 2 aromatic rings. The van der Waals surface area contributed by atoms with Crippen LogP contribution in [0.25, 0.3) is 0 Å². The molecule has 0 aliphatic heterocycles. The fourth-order valence-corrected chi connectivity index (χ4v) is 2.28. The van der Waals surface area contributed by atoms with Gasteiger partial charge in [-0.15, -0.1) is 0 Å². The summed E-state index contributed by atoms with van der Waals surface area (Å²) in [6.07, 6.45) is -0.150. The Morgan fingerprint density at radius 2 is 1.44 bits per heavy atom. The van der Waals surface area contributed by atoms with E-state index in [-0.39, 0.29) is 12.2 Å². The summed E-state index contributed by atoms with van der Waals surface area (Å²) in [5.41, 5.74) is -1.37. The Morgan fingerprint density at radius 1 is 0.960 bits per heavy atom. The van der Waals surface area contributed by atoms with E-state index in [1.54, 1.807) is 52.0 Å². The first-order valence-corrected chi connectivity index (χ1v) is 8.03. The van der Waals surface area contributed by atoms with Gasteiger partial charge in [0.25, 0.3) is 0 Å². The Bertz CT molecular complexity index is 713. The fraction of sp³-hybridized carbons (Fsp3) is 0.350. The molecular weight excluding hydrogens is 323 g/mol. The molecule has 0 radical (unpaired) electrons. The number of ether oxygens (including phenoxy) is 2. The Hall–Kier alpha value is -2.40. The van der Waals surface area contributed by atoms with E-state index in [1.807, 2.05) is 0 Å². The van der Waals surface area contributed by atoms with E-state index in [2.05, 4.69) is 0 Å². The standard InChI is InChI=1S/C20H23FO4/c1-19(2,3)25-18(22)13-20(4,23)14-5-9-16(10-6-14)24-17-11-7-15(21)8-12-17/h5-12,23H,13H2,1-4H3. The van der Waals surface area contributed by atoms with Crippen LogP contribution in [0.4, 0.5) is 4.39 Å². The van der Waals surface area contributed by atoms with Crippen LogP contribution in [0, 0.1) is 5.82 Å². The second-order valence-electron chi connectivity index (χ2n) is 7.12. The average Bonchev–Trinajstić information content (AvgIpc) is 2.47. The molecule has 0 aliphatic carbocycles. The molecule has 1 N–H and O–H groups in total. The van der Waals surface area contributed by atoms with Crippen LogP contribution in [-0.4, -0.2) is 16.7 Å². The van der Waals surface area contributed by atoms with Gasteiger partial charge in [0.15, 0.2) is 0 Å². The summed E-state index contributed by atoms with van der Waals surface area (Å²) in [5, 5.41) is 10.6. The van der Waals surface area contributed by atoms with E-state index in [9.17, 15) is 14.3 Å². The zero-order chi connectivity index (χ0) is 18.7. The zero-order valence-corrected chi connectivity index (χ0v) is 14.9. The van der Waals surface area contributed by atoms with Crippen LogP contribution in [-0.2, 0) is 15.1 Å². The van der Waals surface area contributed by atoms with Gasteiger partial charge in [-0.1, -0.05) is 12.1 Å². The summed E-state index contributed by atoms with van der Waals surface area (Å²) >= 11 is 0. The number of carbonyl (C=O) groups excluding carboxylic acids is 1. The highest BCUT2D eigenvalue weighted by Gasteiger charge is 2.29. The normalized spacial score (nSPS) is 13.8. The highest BCUT2D eigenvalue weighted by Crippen LogP contribution is 2.29. The number of benzene rings is 2. The molecule has 1 unspecified atom stereocenters. The van der Waals surface area contributed by atoms with Crippen molar-refractivity contribution in [2.24, 2.45) is 0 Å². The summed E-state index contributed by atoms with van der Waals surface area (Å²) in [6.45, 7) is 6.90. The summed E-state index contributed by atoms with van der Waals surface area (Å²) in [7, 11) is 0. The number of halogens is 1. The molecule has 25 heavy (non-hydrogen) atoms. The quantitative estimate of drug-likeness (QED) is 0.807. The summed E-state index contributed by atoms with van der Waals surface area (Å²) in [5.74, 6) is 0.253. The third-order valence-electron chi connectivity index (χ3n) is 3.43. The lowest BCUT2D eigenvalue weighted by atomic mass is 9.92. The molecule has 4 nitrogen and oxygen atoms in total. The maximum atomic E-state index is 12.9. The maximum Gasteiger partial charge on any atom is 0.309 e. The Kier molecular flexibility index (Phi) is 5.48. The van der Waals surface area contributed by atoms with E-state index in [4.69, 9.17) is 9.47 Å². The molecule has 0 amide bonds. The van der Waals surface area contributed by atoms with Crippen molar-refractivity contribution in [2.75, 3.05) is 0 Å². The Labute approximate surface area is 147 Å². The first kappa shape index (κ1) is 18.9. The molecule has 2 rings (SSSR count). The average molecular weight is 346 g/mol. The lowest BCUT2D eigenvalue weighted by Gasteiger charge is -2.26. The second kappa shape index (κ2) is 7.23. The van der Waals surface area contributed by atoms with Crippen molar-refractivity contribution >= 4 is 5.97 Å². The van der Waals surface area contributed by atoms with Crippen molar-refractivity contribution in [3.05, 3.63) is 59.9 Å². The van der Waals surface area contributed by atoms with E-state index in [1.165, 1.54) is 24.3 Å². The molecule has 2 aromatic carbocycles. The Balaban J connectivity index is 2.04. The van der Waals surface area contributed by atoms with Crippen LogP contribution in [0.1, 0.15) is 39.7 Å². The second-order valence-corrected chi connectivity index (χ2v) is 7.12. The predicted octanol–water partition coefficient (Wildman–Crippen LogP) is 4.56. The van der Waals surface area contributed by atoms with Gasteiger partial charge in [0, 0.05) is 0 Å². The molecule has 0 saturated heterocycles. The molecule has 0 fully saturated rings. The smallest absolute Gasteiger partial charge is 0.309 e. The minimum absolute atomic E-state index is 0.150. The van der Waals surface area contributed by atoms with E-state index in [0.717, 1.165) is 0 Å². The van der Waals surface area contributed by atoms with Gasteiger partial charge in [-0.05, 0) is 69.7 Å². The molecule has 0 bridgehead atoms. The topological polar surface area (TPSA) is 55.8 Å². The summed E-state index contributed by atoms with van der Waals surface area (Å²) in [4.78, 5) is 11.9. The molecular formula is C20H23FO4. The van der Waals surface area contributed by atoms with Gasteiger partial charge in [0.05, 0.1) is 12.0 Å². The third kappa shape index (κ3) is 5.87. The molecule has 0 saturated carbocycles. The van der Waals surface area contributed by atoms with Crippen molar-refractivity contribution < 1.29 is 23.8 Å². The number of carbonyl (C=O) groups is 1. The molecule has 1 atom stereocenters. The first-order chi connectivity index (χ1) is 11.5. The van der Waals surface area contributed by atoms with Gasteiger partial charge in [-0.25, -0.2) is 4.39 Å². The van der Waals surface area contributed by atoms with Crippen LogP contribution in [0.2, 0.25) is 0 Å². The van der Waals surface area contributed by atoms with Gasteiger partial charge in [-0.3, -0.25) is 4.79 Å². The minimum atomic E-state index is -1.35. The van der Waals surface area contributed by atoms with Gasteiger partial charge < -0.3 is 14.6 Å². The van der Waals surface area contributed by atoms with Crippen molar-refractivity contribution in [2.45, 2.75) is 45.3 Å². The highest BCUT2D eigenvalue weighted by atomic mass is 19.1. The monoisotopic (exact) mass is 346 g/mol. The van der Waals surface area contributed by atoms with Crippen molar-refractivity contribution in [3.63, 3.8) is 0 Å². The molecule has 134 valence electrons. The molecule has 0 aliphatic rings. The van der Waals surface area contributed by atoms with E-state index >= 15 is 0 Å². The van der Waals surface area contributed by atoms with Gasteiger partial charge in [0.1, 0.15) is 22.9 Å². The van der Waals surface area contributed by atoms with Crippen LogP contribution in [0.3, 0.4) is 0 Å². The highest BCUT2D eigenvalue weighted by molar-refractivity contribution is 5.71. The predicted molar refractivity (Wildman–Crippen MR) is 92.9 cm³/mol. The third-order valence-corrected chi connectivity index (χ3v) is 3.43. The number of hydrogen-bond acceptors (Lipinski definition) is 4. The number of aliphatic hydroxyl groups is 1. The van der Waals surface area contributed by atoms with Gasteiger partial charge in [-0.2, -0.15) is 0 Å². The van der Waals surface area contributed by atoms with Crippen molar-refractivity contribution in [1.29, 1.82) is 0 Å².